The molecule has 0 bridgehead atoms. The lowest BCUT2D eigenvalue weighted by atomic mass is 9.56. The summed E-state index contributed by atoms with van der Waals surface area (Å²) in [6.07, 6.45) is 12.9. The van der Waals surface area contributed by atoms with Crippen molar-refractivity contribution in [2.75, 3.05) is 33.7 Å². The predicted molar refractivity (Wildman–Crippen MR) is 146 cm³/mol. The topological polar surface area (TPSA) is 32.8 Å². The fraction of sp³-hybridized carbons (Fsp3) is 0.844. The first-order valence-electron chi connectivity index (χ1n) is 15.1. The highest BCUT2D eigenvalue weighted by Gasteiger charge is 2.59. The predicted octanol–water partition coefficient (Wildman–Crippen LogP) is 5.87. The number of rotatable bonds is 3. The van der Waals surface area contributed by atoms with Crippen LogP contribution in [0, 0.1) is 35.0 Å². The number of carbonyl (C=O) groups is 1. The summed E-state index contributed by atoms with van der Waals surface area (Å²) in [6, 6.07) is 0.575. The number of piperidine rings is 1. The molecule has 0 aromatic heterocycles. The quantitative estimate of drug-likeness (QED) is 0.459. The summed E-state index contributed by atoms with van der Waals surface area (Å²) in [5.74, 6) is 3.96. The highest BCUT2D eigenvalue weighted by Crippen LogP contribution is 2.64. The summed E-state index contributed by atoms with van der Waals surface area (Å²) in [4.78, 5) is 17.3. The van der Waals surface area contributed by atoms with Gasteiger partial charge in [-0.05, 0) is 108 Å². The number of nitrogens with zero attached hydrogens (tertiary/aromatic N) is 2. The van der Waals surface area contributed by atoms with E-state index in [4.69, 9.17) is 4.74 Å². The maximum atomic E-state index is 12.2. The molecule has 200 valence electrons. The second kappa shape index (κ2) is 9.06. The van der Waals surface area contributed by atoms with Crippen LogP contribution in [0.4, 0.5) is 0 Å². The Morgan fingerprint density at radius 3 is 2.75 bits per heavy atom. The Bertz CT molecular complexity index is 967. The van der Waals surface area contributed by atoms with Gasteiger partial charge >= 0.3 is 0 Å². The lowest BCUT2D eigenvalue weighted by Crippen LogP contribution is -2.53. The van der Waals surface area contributed by atoms with Crippen LogP contribution in [0.25, 0.3) is 0 Å². The molecule has 4 fully saturated rings. The maximum absolute atomic E-state index is 12.2. The van der Waals surface area contributed by atoms with Crippen LogP contribution < -0.4 is 0 Å². The third kappa shape index (κ3) is 3.92. The second-order valence-electron chi connectivity index (χ2n) is 14.3. The zero-order valence-electron chi connectivity index (χ0n) is 23.8. The summed E-state index contributed by atoms with van der Waals surface area (Å²) in [5, 5.41) is 0. The standard InChI is InChI=1S/C32H50N2O2/c1-20-15-29-30(34(19-20)14-13-33(5)6)22(3)32(36-29)12-10-25-26-8-7-23-16-24(35)9-11-31(23,4)28(26)17-27(25)21(2)18-32/h16,20,22,25-26,28-30H,7-15,17-19H2,1-6H3/t20-,22+,25-,26?,28-,29+,30-,31-,32-/m0/s1. The molecule has 36 heavy (non-hydrogen) atoms. The fourth-order valence-electron chi connectivity index (χ4n) is 10.1. The van der Waals surface area contributed by atoms with Gasteiger partial charge in [0.25, 0.3) is 0 Å². The van der Waals surface area contributed by atoms with E-state index in [0.29, 0.717) is 29.8 Å². The van der Waals surface area contributed by atoms with Gasteiger partial charge in [0.05, 0.1) is 11.7 Å². The van der Waals surface area contributed by atoms with Crippen molar-refractivity contribution in [1.82, 2.24) is 9.80 Å². The van der Waals surface area contributed by atoms with Gasteiger partial charge in [-0.3, -0.25) is 9.69 Å². The third-order valence-corrected chi connectivity index (χ3v) is 12.0. The van der Waals surface area contributed by atoms with E-state index >= 15 is 0 Å². The minimum Gasteiger partial charge on any atom is -0.369 e. The van der Waals surface area contributed by atoms with Gasteiger partial charge < -0.3 is 9.64 Å². The van der Waals surface area contributed by atoms with E-state index < -0.39 is 0 Å². The first-order chi connectivity index (χ1) is 17.1. The number of carbonyl (C=O) groups excluding carboxylic acids is 1. The molecule has 2 aliphatic heterocycles. The van der Waals surface area contributed by atoms with E-state index in [1.807, 2.05) is 6.08 Å². The van der Waals surface area contributed by atoms with Crippen molar-refractivity contribution in [1.29, 1.82) is 0 Å². The Labute approximate surface area is 219 Å². The van der Waals surface area contributed by atoms with Crippen molar-refractivity contribution in [2.24, 2.45) is 35.0 Å². The summed E-state index contributed by atoms with van der Waals surface area (Å²) in [6.45, 7) is 13.4. The molecular weight excluding hydrogens is 444 g/mol. The van der Waals surface area contributed by atoms with Crippen molar-refractivity contribution < 1.29 is 9.53 Å². The number of hydrogen-bond donors (Lipinski definition) is 0. The molecule has 2 saturated heterocycles. The van der Waals surface area contributed by atoms with Crippen LogP contribution in [0.3, 0.4) is 0 Å². The molecular formula is C32H50N2O2. The maximum Gasteiger partial charge on any atom is 0.155 e. The number of allylic oxidation sites excluding steroid dienone is 3. The minimum atomic E-state index is 0.0214. The second-order valence-corrected chi connectivity index (χ2v) is 14.3. The molecule has 2 heterocycles. The van der Waals surface area contributed by atoms with E-state index in [9.17, 15) is 4.79 Å². The molecule has 1 unspecified atom stereocenters. The molecule has 4 aliphatic carbocycles. The molecule has 0 radical (unpaired) electrons. The molecule has 0 aromatic rings. The van der Waals surface area contributed by atoms with Gasteiger partial charge in [0.2, 0.25) is 0 Å². The van der Waals surface area contributed by atoms with Gasteiger partial charge in [0.1, 0.15) is 0 Å². The van der Waals surface area contributed by atoms with Crippen molar-refractivity contribution in [3.05, 3.63) is 22.8 Å². The molecule has 4 heteroatoms. The highest BCUT2D eigenvalue weighted by atomic mass is 16.5. The molecule has 0 aromatic carbocycles. The molecule has 1 spiro atoms. The summed E-state index contributed by atoms with van der Waals surface area (Å²) >= 11 is 0. The van der Waals surface area contributed by atoms with Crippen molar-refractivity contribution in [3.63, 3.8) is 0 Å². The van der Waals surface area contributed by atoms with E-state index in [1.165, 1.54) is 44.2 Å². The number of fused-ring (bicyclic) bond motifs is 6. The van der Waals surface area contributed by atoms with Crippen LogP contribution in [0.1, 0.15) is 85.5 Å². The van der Waals surface area contributed by atoms with Crippen LogP contribution >= 0.6 is 0 Å². The molecule has 6 rings (SSSR count). The molecule has 4 nitrogen and oxygen atoms in total. The zero-order chi connectivity index (χ0) is 25.4. The van der Waals surface area contributed by atoms with E-state index in [0.717, 1.165) is 56.5 Å². The SMILES string of the molecule is CC1=C2C[C@H]3C(CCC4=CC(=O)CC[C@@]43C)[C@@H]2CC[C@@]2(C1)O[C@@H]1C[C@H](C)CN(CCN(C)C)[C@H]1[C@H]2C. The van der Waals surface area contributed by atoms with Crippen LogP contribution in [0.2, 0.25) is 0 Å². The Morgan fingerprint density at radius 1 is 1.17 bits per heavy atom. The average Bonchev–Trinajstić information content (AvgIpc) is 3.28. The van der Waals surface area contributed by atoms with Crippen molar-refractivity contribution in [2.45, 2.75) is 103 Å². The van der Waals surface area contributed by atoms with Gasteiger partial charge in [0.15, 0.2) is 5.78 Å². The smallest absolute Gasteiger partial charge is 0.155 e. The highest BCUT2D eigenvalue weighted by molar-refractivity contribution is 5.91. The van der Waals surface area contributed by atoms with E-state index in [1.54, 1.807) is 11.1 Å². The van der Waals surface area contributed by atoms with Crippen LogP contribution in [-0.4, -0.2) is 67.1 Å². The number of hydrogen-bond acceptors (Lipinski definition) is 4. The van der Waals surface area contributed by atoms with Gasteiger partial charge in [-0.25, -0.2) is 0 Å². The third-order valence-electron chi connectivity index (χ3n) is 12.0. The molecule has 0 amide bonds. The van der Waals surface area contributed by atoms with Crippen LogP contribution in [0.15, 0.2) is 22.8 Å². The molecule has 6 aliphatic rings. The normalized spacial score (nSPS) is 46.9. The molecule has 9 atom stereocenters. The van der Waals surface area contributed by atoms with Crippen molar-refractivity contribution >= 4 is 5.78 Å². The number of likely N-dealkylation sites (tertiary alicyclic amines) is 1. The lowest BCUT2D eigenvalue weighted by molar-refractivity contribution is -0.116. The van der Waals surface area contributed by atoms with E-state index in [-0.39, 0.29) is 11.0 Å². The number of likely N-dealkylation sites (N-methyl/N-ethyl adjacent to an activating group) is 1. The summed E-state index contributed by atoms with van der Waals surface area (Å²) < 4.78 is 7.25. The van der Waals surface area contributed by atoms with Crippen LogP contribution in [0.5, 0.6) is 0 Å². The lowest BCUT2D eigenvalue weighted by Gasteiger charge is -2.48. The molecule has 0 N–H and O–H groups in total. The summed E-state index contributed by atoms with van der Waals surface area (Å²) in [7, 11) is 4.40. The Hall–Kier alpha value is -0.970. The first-order valence-corrected chi connectivity index (χ1v) is 15.1. The Balaban J connectivity index is 1.26. The number of ether oxygens (including phenoxy) is 1. The molecule has 2 saturated carbocycles. The zero-order valence-corrected chi connectivity index (χ0v) is 23.8. The van der Waals surface area contributed by atoms with Gasteiger partial charge in [0, 0.05) is 38.0 Å². The first kappa shape index (κ1) is 25.3. The average molecular weight is 495 g/mol. The van der Waals surface area contributed by atoms with Crippen molar-refractivity contribution in [3.8, 4) is 0 Å². The Morgan fingerprint density at radius 2 is 1.97 bits per heavy atom. The Kier molecular flexibility index (Phi) is 6.37. The van der Waals surface area contributed by atoms with Gasteiger partial charge in [-0.2, -0.15) is 0 Å². The summed E-state index contributed by atoms with van der Waals surface area (Å²) in [5.41, 5.74) is 5.21. The van der Waals surface area contributed by atoms with E-state index in [2.05, 4.69) is 51.6 Å². The fourth-order valence-corrected chi connectivity index (χ4v) is 10.1. The van der Waals surface area contributed by atoms with Gasteiger partial charge in [-0.1, -0.05) is 37.5 Å². The monoisotopic (exact) mass is 494 g/mol. The number of ketones is 1. The van der Waals surface area contributed by atoms with Gasteiger partial charge in [-0.15, -0.1) is 0 Å². The largest absolute Gasteiger partial charge is 0.369 e. The minimum absolute atomic E-state index is 0.0214. The van der Waals surface area contributed by atoms with Crippen LogP contribution in [-0.2, 0) is 9.53 Å².